The van der Waals surface area contributed by atoms with Crippen LogP contribution in [0.1, 0.15) is 43.0 Å². The molecule has 4 aromatic carbocycles. The first-order valence-corrected chi connectivity index (χ1v) is 16.6. The van der Waals surface area contributed by atoms with Crippen LogP contribution >= 0.6 is 11.6 Å². The second-order valence-corrected chi connectivity index (χ2v) is 14.6. The number of benzene rings is 4. The molecule has 236 valence electrons. The fourth-order valence-electron chi connectivity index (χ4n) is 4.92. The van der Waals surface area contributed by atoms with Gasteiger partial charge in [0.2, 0.25) is 11.8 Å². The SMILES string of the molecule is Cc1ccc(N(CC(=O)N(Cc2cccc(Cl)c2)[C@H](Cc2ccccc2)C(=O)NC(C)(C)C)S(=O)(=O)c2ccc(C)cc2)cc1. The minimum absolute atomic E-state index is 0.0424. The molecule has 0 aromatic heterocycles. The zero-order valence-corrected chi connectivity index (χ0v) is 27.9. The number of nitrogens with zero attached hydrogens (tertiary/aromatic N) is 2. The molecule has 45 heavy (non-hydrogen) atoms. The Bertz CT molecular complexity index is 1720. The number of anilines is 1. The molecule has 0 saturated heterocycles. The summed E-state index contributed by atoms with van der Waals surface area (Å²) in [5, 5.41) is 3.52. The van der Waals surface area contributed by atoms with Gasteiger partial charge in [-0.2, -0.15) is 0 Å². The smallest absolute Gasteiger partial charge is 0.264 e. The standard InChI is InChI=1S/C36H40ClN3O4S/c1-26-14-18-31(19-15-26)40(45(43,44)32-20-16-27(2)17-21-32)25-34(41)39(24-29-12-9-13-30(37)22-29)33(35(42)38-36(3,4)5)23-28-10-7-6-8-11-28/h6-22,33H,23-25H2,1-5H3,(H,38,42)/t33-/m1/s1. The number of carbonyl (C=O) groups excluding carboxylic acids is 2. The Labute approximate surface area is 271 Å². The third kappa shape index (κ3) is 9.19. The van der Waals surface area contributed by atoms with E-state index < -0.39 is 34.1 Å². The van der Waals surface area contributed by atoms with Gasteiger partial charge in [0.25, 0.3) is 10.0 Å². The van der Waals surface area contributed by atoms with E-state index in [1.54, 1.807) is 54.6 Å². The second kappa shape index (κ2) is 14.3. The van der Waals surface area contributed by atoms with Gasteiger partial charge in [-0.05, 0) is 82.1 Å². The maximum atomic E-state index is 14.5. The maximum absolute atomic E-state index is 14.5. The molecular weight excluding hydrogens is 606 g/mol. The number of carbonyl (C=O) groups is 2. The summed E-state index contributed by atoms with van der Waals surface area (Å²) in [5.41, 5.74) is 3.20. The Morgan fingerprint density at radius 2 is 1.38 bits per heavy atom. The van der Waals surface area contributed by atoms with Crippen LogP contribution in [0.2, 0.25) is 5.02 Å². The fraction of sp³-hybridized carbons (Fsp3) is 0.278. The van der Waals surface area contributed by atoms with E-state index >= 15 is 0 Å². The second-order valence-electron chi connectivity index (χ2n) is 12.3. The molecule has 1 N–H and O–H groups in total. The topological polar surface area (TPSA) is 86.8 Å². The molecule has 4 aromatic rings. The maximum Gasteiger partial charge on any atom is 0.264 e. The Morgan fingerprint density at radius 1 is 0.800 bits per heavy atom. The molecular formula is C36H40ClN3O4S. The molecule has 0 spiro atoms. The summed E-state index contributed by atoms with van der Waals surface area (Å²) in [6.07, 6.45) is 0.226. The van der Waals surface area contributed by atoms with Gasteiger partial charge < -0.3 is 10.2 Å². The molecule has 7 nitrogen and oxygen atoms in total. The summed E-state index contributed by atoms with van der Waals surface area (Å²) in [7, 11) is -4.16. The predicted molar refractivity (Wildman–Crippen MR) is 181 cm³/mol. The zero-order valence-electron chi connectivity index (χ0n) is 26.3. The third-order valence-electron chi connectivity index (χ3n) is 7.22. The van der Waals surface area contributed by atoms with Gasteiger partial charge in [-0.15, -0.1) is 0 Å². The Kier molecular flexibility index (Phi) is 10.7. The van der Waals surface area contributed by atoms with Crippen LogP contribution in [-0.4, -0.2) is 43.3 Å². The molecule has 0 aliphatic carbocycles. The monoisotopic (exact) mass is 645 g/mol. The van der Waals surface area contributed by atoms with Crippen molar-refractivity contribution >= 4 is 39.1 Å². The molecule has 0 bridgehead atoms. The minimum Gasteiger partial charge on any atom is -0.350 e. The van der Waals surface area contributed by atoms with E-state index in [2.05, 4.69) is 5.32 Å². The summed E-state index contributed by atoms with van der Waals surface area (Å²) in [6, 6.07) is 29.1. The van der Waals surface area contributed by atoms with Crippen molar-refractivity contribution in [2.24, 2.45) is 0 Å². The van der Waals surface area contributed by atoms with Crippen molar-refractivity contribution in [1.82, 2.24) is 10.2 Å². The Morgan fingerprint density at radius 3 is 1.96 bits per heavy atom. The van der Waals surface area contributed by atoms with Crippen molar-refractivity contribution < 1.29 is 18.0 Å². The number of nitrogens with one attached hydrogen (secondary N) is 1. The molecule has 0 heterocycles. The van der Waals surface area contributed by atoms with E-state index in [1.807, 2.05) is 71.0 Å². The van der Waals surface area contributed by atoms with E-state index in [-0.39, 0.29) is 23.8 Å². The van der Waals surface area contributed by atoms with Gasteiger partial charge in [-0.25, -0.2) is 8.42 Å². The molecule has 4 rings (SSSR count). The molecule has 9 heteroatoms. The van der Waals surface area contributed by atoms with Gasteiger partial charge in [0, 0.05) is 23.5 Å². The quantitative estimate of drug-likeness (QED) is 0.197. The number of rotatable bonds is 11. The molecule has 0 radical (unpaired) electrons. The first-order valence-electron chi connectivity index (χ1n) is 14.8. The number of sulfonamides is 1. The van der Waals surface area contributed by atoms with Crippen molar-refractivity contribution in [2.75, 3.05) is 10.8 Å². The summed E-state index contributed by atoms with van der Waals surface area (Å²) in [4.78, 5) is 30.0. The molecule has 0 aliphatic heterocycles. The number of halogens is 1. The largest absolute Gasteiger partial charge is 0.350 e. The number of aryl methyl sites for hydroxylation is 2. The van der Waals surface area contributed by atoms with Crippen LogP contribution in [-0.2, 0) is 32.6 Å². The molecule has 1 atom stereocenters. The molecule has 0 unspecified atom stereocenters. The van der Waals surface area contributed by atoms with Crippen LogP contribution in [0.5, 0.6) is 0 Å². The number of hydrogen-bond donors (Lipinski definition) is 1. The predicted octanol–water partition coefficient (Wildman–Crippen LogP) is 6.71. The highest BCUT2D eigenvalue weighted by molar-refractivity contribution is 7.92. The van der Waals surface area contributed by atoms with Crippen molar-refractivity contribution in [3.63, 3.8) is 0 Å². The fourth-order valence-corrected chi connectivity index (χ4v) is 6.54. The molecule has 0 fully saturated rings. The van der Waals surface area contributed by atoms with Crippen molar-refractivity contribution in [3.8, 4) is 0 Å². The van der Waals surface area contributed by atoms with E-state index in [1.165, 1.54) is 17.0 Å². The van der Waals surface area contributed by atoms with Crippen LogP contribution in [0.25, 0.3) is 0 Å². The number of amides is 2. The normalized spacial score (nSPS) is 12.3. The summed E-state index contributed by atoms with van der Waals surface area (Å²) < 4.78 is 29.4. The lowest BCUT2D eigenvalue weighted by Gasteiger charge is -2.35. The lowest BCUT2D eigenvalue weighted by Crippen LogP contribution is -2.56. The molecule has 2 amide bonds. The Hall–Kier alpha value is -4.14. The van der Waals surface area contributed by atoms with Crippen LogP contribution in [0.3, 0.4) is 0 Å². The summed E-state index contributed by atoms with van der Waals surface area (Å²) in [6.45, 7) is 8.93. The highest BCUT2D eigenvalue weighted by atomic mass is 35.5. The van der Waals surface area contributed by atoms with Gasteiger partial charge in [-0.3, -0.25) is 13.9 Å². The number of hydrogen-bond acceptors (Lipinski definition) is 4. The average Bonchev–Trinajstić information content (AvgIpc) is 2.98. The van der Waals surface area contributed by atoms with Crippen LogP contribution in [0.15, 0.2) is 108 Å². The van der Waals surface area contributed by atoms with E-state index in [4.69, 9.17) is 11.6 Å². The Balaban J connectivity index is 1.81. The minimum atomic E-state index is -4.16. The third-order valence-corrected chi connectivity index (χ3v) is 9.24. The lowest BCUT2D eigenvalue weighted by atomic mass is 10.0. The van der Waals surface area contributed by atoms with Crippen LogP contribution < -0.4 is 9.62 Å². The van der Waals surface area contributed by atoms with Crippen molar-refractivity contribution in [2.45, 2.75) is 64.1 Å². The van der Waals surface area contributed by atoms with Gasteiger partial charge in [-0.1, -0.05) is 89.5 Å². The van der Waals surface area contributed by atoms with E-state index in [9.17, 15) is 18.0 Å². The van der Waals surface area contributed by atoms with Crippen LogP contribution in [0.4, 0.5) is 5.69 Å². The highest BCUT2D eigenvalue weighted by Crippen LogP contribution is 2.26. The summed E-state index contributed by atoms with van der Waals surface area (Å²) in [5.74, 6) is -0.874. The molecule has 0 aliphatic rings. The first-order chi connectivity index (χ1) is 21.2. The first kappa shape index (κ1) is 33.7. The zero-order chi connectivity index (χ0) is 32.8. The van der Waals surface area contributed by atoms with Gasteiger partial charge in [0.15, 0.2) is 0 Å². The van der Waals surface area contributed by atoms with Gasteiger partial charge in [0.1, 0.15) is 12.6 Å². The van der Waals surface area contributed by atoms with Crippen LogP contribution in [0, 0.1) is 13.8 Å². The highest BCUT2D eigenvalue weighted by Gasteiger charge is 2.35. The van der Waals surface area contributed by atoms with Gasteiger partial charge >= 0.3 is 0 Å². The lowest BCUT2D eigenvalue weighted by molar-refractivity contribution is -0.140. The molecule has 0 saturated carbocycles. The van der Waals surface area contributed by atoms with E-state index in [0.717, 1.165) is 21.0 Å². The summed E-state index contributed by atoms with van der Waals surface area (Å²) >= 11 is 6.31. The van der Waals surface area contributed by atoms with E-state index in [0.29, 0.717) is 16.3 Å². The van der Waals surface area contributed by atoms with Crippen molar-refractivity contribution in [3.05, 3.63) is 130 Å². The van der Waals surface area contributed by atoms with Crippen molar-refractivity contribution in [1.29, 1.82) is 0 Å². The average molecular weight is 646 g/mol. The van der Waals surface area contributed by atoms with Gasteiger partial charge in [0.05, 0.1) is 10.6 Å².